The number of amides is 1. The van der Waals surface area contributed by atoms with Crippen LogP contribution in [-0.2, 0) is 22.6 Å². The standard InChI is InChI=1S/C23H21F3N4O2.C22H21F3N4/c1-22(2,3)32-21(31)29-20-12-27-19-9-4-14(10-18(19)20)15-11-28-30(13-15)17-7-5-16(6-8-17)23(24,25)26;1-21(2,3)28-13-19(26)18-10-14(4-9-20(18)28)15-11-27-29(12-15)17-7-5-16(6-8-17)22(23,24)25/h4-13,27H,1-3H3,(H,29,31);4-13H,26H2,1-3H3. The predicted molar refractivity (Wildman–Crippen MR) is 225 cm³/mol. The van der Waals surface area contributed by atoms with Gasteiger partial charge in [-0.3, -0.25) is 5.32 Å². The lowest BCUT2D eigenvalue weighted by molar-refractivity contribution is -0.138. The van der Waals surface area contributed by atoms with E-state index in [1.165, 1.54) is 28.9 Å². The normalized spacial score (nSPS) is 12.4. The van der Waals surface area contributed by atoms with Crippen LogP contribution in [0.2, 0.25) is 0 Å². The molecule has 16 heteroatoms. The van der Waals surface area contributed by atoms with E-state index in [-0.39, 0.29) is 5.54 Å². The number of aromatic amines is 1. The molecule has 4 heterocycles. The van der Waals surface area contributed by atoms with Gasteiger partial charge in [0.05, 0.1) is 51.8 Å². The van der Waals surface area contributed by atoms with Crippen LogP contribution in [0, 0.1) is 0 Å². The van der Waals surface area contributed by atoms with E-state index in [0.717, 1.165) is 68.3 Å². The smallest absolute Gasteiger partial charge is 0.416 e. The molecule has 1 amide bonds. The summed E-state index contributed by atoms with van der Waals surface area (Å²) in [4.78, 5) is 15.2. The van der Waals surface area contributed by atoms with Crippen molar-refractivity contribution in [1.29, 1.82) is 0 Å². The number of nitrogen functional groups attached to an aromatic ring is 1. The van der Waals surface area contributed by atoms with Gasteiger partial charge in [-0.2, -0.15) is 36.5 Å². The molecule has 0 bridgehead atoms. The summed E-state index contributed by atoms with van der Waals surface area (Å²) in [6.45, 7) is 11.7. The van der Waals surface area contributed by atoms with Crippen LogP contribution in [0.15, 0.2) is 122 Å². The zero-order chi connectivity index (χ0) is 44.1. The number of nitrogens with one attached hydrogen (secondary N) is 2. The topological polar surface area (TPSA) is 121 Å². The summed E-state index contributed by atoms with van der Waals surface area (Å²) in [7, 11) is 0. The number of carbonyl (C=O) groups excluding carboxylic acids is 1. The second-order valence-electron chi connectivity index (χ2n) is 16.4. The monoisotopic (exact) mass is 840 g/mol. The molecule has 0 aliphatic heterocycles. The number of halogens is 6. The highest BCUT2D eigenvalue weighted by molar-refractivity contribution is 6.01. The molecule has 0 aliphatic rings. The number of hydrogen-bond acceptors (Lipinski definition) is 5. The highest BCUT2D eigenvalue weighted by Crippen LogP contribution is 2.35. The zero-order valence-corrected chi connectivity index (χ0v) is 33.9. The predicted octanol–water partition coefficient (Wildman–Crippen LogP) is 12.2. The van der Waals surface area contributed by atoms with Gasteiger partial charge in [0.2, 0.25) is 0 Å². The average Bonchev–Trinajstić information content (AvgIpc) is 4.00. The third kappa shape index (κ3) is 9.43. The summed E-state index contributed by atoms with van der Waals surface area (Å²) < 4.78 is 87.1. The molecule has 8 rings (SSSR count). The molecule has 0 radical (unpaired) electrons. The van der Waals surface area contributed by atoms with Crippen molar-refractivity contribution in [2.24, 2.45) is 0 Å². The van der Waals surface area contributed by atoms with Crippen LogP contribution in [0.3, 0.4) is 0 Å². The van der Waals surface area contributed by atoms with Crippen LogP contribution >= 0.6 is 0 Å². The maximum absolute atomic E-state index is 12.8. The summed E-state index contributed by atoms with van der Waals surface area (Å²) in [5, 5.41) is 13.1. The number of aromatic nitrogens is 6. The Kier molecular flexibility index (Phi) is 10.8. The van der Waals surface area contributed by atoms with E-state index in [1.54, 1.807) is 56.4 Å². The second-order valence-corrected chi connectivity index (χ2v) is 16.4. The number of ether oxygens (including phenoxy) is 1. The molecular weight excluding hydrogens is 799 g/mol. The highest BCUT2D eigenvalue weighted by Gasteiger charge is 2.31. The maximum Gasteiger partial charge on any atom is 0.416 e. The highest BCUT2D eigenvalue weighted by atomic mass is 19.4. The van der Waals surface area contributed by atoms with Crippen LogP contribution in [0.25, 0.3) is 55.4 Å². The van der Waals surface area contributed by atoms with Crippen molar-refractivity contribution in [2.75, 3.05) is 11.1 Å². The molecule has 4 aromatic carbocycles. The molecule has 0 unspecified atom stereocenters. The Morgan fingerprint density at radius 1 is 0.656 bits per heavy atom. The van der Waals surface area contributed by atoms with E-state index < -0.39 is 35.2 Å². The first kappa shape index (κ1) is 42.2. The molecular formula is C45H42F6N8O2. The molecule has 4 aromatic heterocycles. The Hall–Kier alpha value is -6.97. The molecule has 4 N–H and O–H groups in total. The number of alkyl halides is 6. The van der Waals surface area contributed by atoms with Crippen LogP contribution < -0.4 is 11.1 Å². The molecule has 0 fully saturated rings. The first-order valence-corrected chi connectivity index (χ1v) is 19.0. The molecule has 8 aromatic rings. The maximum atomic E-state index is 12.8. The van der Waals surface area contributed by atoms with Gasteiger partial charge in [0.25, 0.3) is 0 Å². The molecule has 316 valence electrons. The van der Waals surface area contributed by atoms with E-state index >= 15 is 0 Å². The van der Waals surface area contributed by atoms with Crippen LogP contribution in [-0.4, -0.2) is 40.8 Å². The minimum absolute atomic E-state index is 0.0924. The van der Waals surface area contributed by atoms with E-state index in [9.17, 15) is 31.1 Å². The van der Waals surface area contributed by atoms with Gasteiger partial charge in [0.15, 0.2) is 0 Å². The number of benzene rings is 4. The SMILES string of the molecule is CC(C)(C)OC(=O)Nc1c[nH]c2ccc(-c3cnn(-c4ccc(C(F)(F)F)cc4)c3)cc12.CC(C)(C)n1cc(N)c2cc(-c3cnn(-c4ccc(C(F)(F)F)cc4)c3)ccc21. The average molecular weight is 841 g/mol. The van der Waals surface area contributed by atoms with Gasteiger partial charge < -0.3 is 20.0 Å². The summed E-state index contributed by atoms with van der Waals surface area (Å²) in [5.74, 6) is 0. The summed E-state index contributed by atoms with van der Waals surface area (Å²) in [5.41, 5.74) is 11.8. The van der Waals surface area contributed by atoms with Gasteiger partial charge in [0, 0.05) is 57.7 Å². The number of nitrogens with zero attached hydrogens (tertiary/aromatic N) is 5. The lowest BCUT2D eigenvalue weighted by Crippen LogP contribution is -2.27. The molecule has 10 nitrogen and oxygen atoms in total. The van der Waals surface area contributed by atoms with Crippen molar-refractivity contribution >= 4 is 39.3 Å². The lowest BCUT2D eigenvalue weighted by atomic mass is 10.1. The number of carbonyl (C=O) groups is 1. The fourth-order valence-electron chi connectivity index (χ4n) is 6.64. The van der Waals surface area contributed by atoms with Gasteiger partial charge in [-0.05, 0) is 125 Å². The van der Waals surface area contributed by atoms with E-state index in [2.05, 4.69) is 45.8 Å². The van der Waals surface area contributed by atoms with Gasteiger partial charge >= 0.3 is 18.4 Å². The first-order chi connectivity index (χ1) is 28.5. The minimum atomic E-state index is -4.38. The fraction of sp³-hybridized carbons (Fsp3) is 0.222. The van der Waals surface area contributed by atoms with Crippen LogP contribution in [0.5, 0.6) is 0 Å². The van der Waals surface area contributed by atoms with Crippen molar-refractivity contribution in [1.82, 2.24) is 29.1 Å². The number of rotatable bonds is 5. The van der Waals surface area contributed by atoms with Crippen molar-refractivity contribution < 1.29 is 35.9 Å². The second kappa shape index (κ2) is 15.6. The fourth-order valence-corrected chi connectivity index (χ4v) is 6.64. The molecule has 0 atom stereocenters. The summed E-state index contributed by atoms with van der Waals surface area (Å²) in [6.07, 6.45) is 1.18. The number of hydrogen-bond donors (Lipinski definition) is 3. The number of fused-ring (bicyclic) bond motifs is 2. The van der Waals surface area contributed by atoms with E-state index in [0.29, 0.717) is 22.7 Å². The van der Waals surface area contributed by atoms with Gasteiger partial charge in [-0.15, -0.1) is 0 Å². The number of nitrogens with two attached hydrogens (primary N) is 1. The van der Waals surface area contributed by atoms with Crippen LogP contribution in [0.1, 0.15) is 52.7 Å². The van der Waals surface area contributed by atoms with Gasteiger partial charge in [-0.25, -0.2) is 14.2 Å². The van der Waals surface area contributed by atoms with Gasteiger partial charge in [-0.1, -0.05) is 12.1 Å². The zero-order valence-electron chi connectivity index (χ0n) is 33.9. The quantitative estimate of drug-likeness (QED) is 0.149. The van der Waals surface area contributed by atoms with Crippen LogP contribution in [0.4, 0.5) is 42.5 Å². The minimum Gasteiger partial charge on any atom is -0.444 e. The Balaban J connectivity index is 0.000000185. The van der Waals surface area contributed by atoms with Gasteiger partial charge in [0.1, 0.15) is 5.60 Å². The summed E-state index contributed by atoms with van der Waals surface area (Å²) in [6, 6.07) is 21.4. The van der Waals surface area contributed by atoms with E-state index in [4.69, 9.17) is 10.5 Å². The third-order valence-electron chi connectivity index (χ3n) is 9.63. The van der Waals surface area contributed by atoms with Crippen molar-refractivity contribution in [3.8, 4) is 33.6 Å². The lowest BCUT2D eigenvalue weighted by Gasteiger charge is -2.22. The first-order valence-electron chi connectivity index (χ1n) is 19.0. The molecule has 0 saturated heterocycles. The molecule has 0 aliphatic carbocycles. The Bertz CT molecular complexity index is 2830. The Morgan fingerprint density at radius 3 is 1.62 bits per heavy atom. The van der Waals surface area contributed by atoms with Crippen molar-refractivity contribution in [3.63, 3.8) is 0 Å². The Morgan fingerprint density at radius 2 is 1.15 bits per heavy atom. The number of H-pyrrole nitrogens is 1. The van der Waals surface area contributed by atoms with Crippen molar-refractivity contribution in [2.45, 2.75) is 65.0 Å². The largest absolute Gasteiger partial charge is 0.444 e. The third-order valence-corrected chi connectivity index (χ3v) is 9.63. The molecule has 61 heavy (non-hydrogen) atoms. The Labute approximate surface area is 346 Å². The summed E-state index contributed by atoms with van der Waals surface area (Å²) >= 11 is 0. The number of anilines is 2. The molecule has 0 spiro atoms. The molecule has 0 saturated carbocycles. The van der Waals surface area contributed by atoms with E-state index in [1.807, 2.05) is 42.6 Å². The van der Waals surface area contributed by atoms with Crippen molar-refractivity contribution in [3.05, 3.63) is 133 Å².